The standard InChI is InChI=1S/C21H23FN2O3/c1-24-19(25)11-10-18(20(24)15-4-3-5-16(22)12-15)21(26)23-13-14-6-8-17(27-2)9-7-14/h3-9,12,18,20H,10-11,13H2,1-2H3,(H,23,26)/t18-,20+/m0/s1. The van der Waals surface area contributed by atoms with Crippen molar-refractivity contribution in [3.05, 3.63) is 65.5 Å². The van der Waals surface area contributed by atoms with E-state index in [9.17, 15) is 14.0 Å². The average Bonchev–Trinajstić information content (AvgIpc) is 2.68. The number of carbonyl (C=O) groups is 2. The van der Waals surface area contributed by atoms with Crippen molar-refractivity contribution in [2.24, 2.45) is 5.92 Å². The lowest BCUT2D eigenvalue weighted by Gasteiger charge is -2.38. The second kappa shape index (κ2) is 8.20. The number of carbonyl (C=O) groups excluding carboxylic acids is 2. The molecule has 2 amide bonds. The highest BCUT2D eigenvalue weighted by Crippen LogP contribution is 2.36. The van der Waals surface area contributed by atoms with Gasteiger partial charge in [-0.05, 0) is 41.8 Å². The minimum Gasteiger partial charge on any atom is -0.497 e. The predicted octanol–water partition coefficient (Wildman–Crippen LogP) is 3.06. The van der Waals surface area contributed by atoms with Crippen molar-refractivity contribution in [2.75, 3.05) is 14.2 Å². The van der Waals surface area contributed by atoms with Crippen LogP contribution in [-0.4, -0.2) is 30.9 Å². The molecule has 27 heavy (non-hydrogen) atoms. The van der Waals surface area contributed by atoms with E-state index >= 15 is 0 Å². The summed E-state index contributed by atoms with van der Waals surface area (Å²) in [6.07, 6.45) is 0.752. The number of rotatable bonds is 5. The Morgan fingerprint density at radius 2 is 2.00 bits per heavy atom. The fourth-order valence-electron chi connectivity index (χ4n) is 3.52. The van der Waals surface area contributed by atoms with Gasteiger partial charge in [-0.3, -0.25) is 9.59 Å². The lowest BCUT2D eigenvalue weighted by Crippen LogP contribution is -2.46. The molecule has 1 aliphatic rings. The van der Waals surface area contributed by atoms with Gasteiger partial charge in [0.05, 0.1) is 19.1 Å². The third kappa shape index (κ3) is 4.27. The van der Waals surface area contributed by atoms with E-state index in [1.54, 1.807) is 31.2 Å². The van der Waals surface area contributed by atoms with Crippen LogP contribution in [0.15, 0.2) is 48.5 Å². The van der Waals surface area contributed by atoms with Gasteiger partial charge in [-0.25, -0.2) is 4.39 Å². The lowest BCUT2D eigenvalue weighted by atomic mass is 9.84. The van der Waals surface area contributed by atoms with Crippen LogP contribution in [0.2, 0.25) is 0 Å². The Kier molecular flexibility index (Phi) is 5.74. The Labute approximate surface area is 158 Å². The molecule has 0 unspecified atom stereocenters. The van der Waals surface area contributed by atoms with Gasteiger partial charge in [0, 0.05) is 20.0 Å². The maximum atomic E-state index is 13.7. The zero-order chi connectivity index (χ0) is 19.4. The summed E-state index contributed by atoms with van der Waals surface area (Å²) in [4.78, 5) is 26.6. The van der Waals surface area contributed by atoms with Gasteiger partial charge < -0.3 is 15.0 Å². The van der Waals surface area contributed by atoms with Crippen molar-refractivity contribution in [3.8, 4) is 5.75 Å². The second-order valence-electron chi connectivity index (χ2n) is 6.72. The molecule has 0 radical (unpaired) electrons. The van der Waals surface area contributed by atoms with E-state index in [0.29, 0.717) is 24.9 Å². The zero-order valence-electron chi connectivity index (χ0n) is 15.4. The summed E-state index contributed by atoms with van der Waals surface area (Å²) >= 11 is 0. The summed E-state index contributed by atoms with van der Waals surface area (Å²) in [5, 5.41) is 2.94. The highest BCUT2D eigenvalue weighted by atomic mass is 19.1. The van der Waals surface area contributed by atoms with Gasteiger partial charge in [-0.15, -0.1) is 0 Å². The van der Waals surface area contributed by atoms with Gasteiger partial charge >= 0.3 is 0 Å². The molecule has 3 rings (SSSR count). The number of benzene rings is 2. The Bertz CT molecular complexity index is 822. The van der Waals surface area contributed by atoms with Crippen molar-refractivity contribution in [2.45, 2.75) is 25.4 Å². The number of methoxy groups -OCH3 is 1. The summed E-state index contributed by atoms with van der Waals surface area (Å²) < 4.78 is 18.8. The average molecular weight is 370 g/mol. The minimum atomic E-state index is -0.474. The molecule has 0 aliphatic carbocycles. The molecule has 0 saturated carbocycles. The Morgan fingerprint density at radius 1 is 1.26 bits per heavy atom. The van der Waals surface area contributed by atoms with Crippen LogP contribution in [-0.2, 0) is 16.1 Å². The predicted molar refractivity (Wildman–Crippen MR) is 99.5 cm³/mol. The fraction of sp³-hybridized carbons (Fsp3) is 0.333. The Hall–Kier alpha value is -2.89. The van der Waals surface area contributed by atoms with Crippen molar-refractivity contribution < 1.29 is 18.7 Å². The Balaban J connectivity index is 1.75. The molecule has 1 heterocycles. The van der Waals surface area contributed by atoms with E-state index in [1.807, 2.05) is 24.3 Å². The second-order valence-corrected chi connectivity index (χ2v) is 6.72. The van der Waals surface area contributed by atoms with Crippen LogP contribution in [0.3, 0.4) is 0 Å². The molecule has 0 bridgehead atoms. The van der Waals surface area contributed by atoms with Crippen molar-refractivity contribution in [1.82, 2.24) is 10.2 Å². The molecular formula is C21H23FN2O3. The SMILES string of the molecule is COc1ccc(CNC(=O)[C@H]2CCC(=O)N(C)[C@@H]2c2cccc(F)c2)cc1. The van der Waals surface area contributed by atoms with Gasteiger partial charge in [0.25, 0.3) is 0 Å². The highest BCUT2D eigenvalue weighted by molar-refractivity contribution is 5.84. The summed E-state index contributed by atoms with van der Waals surface area (Å²) in [6.45, 7) is 0.382. The number of amides is 2. The topological polar surface area (TPSA) is 58.6 Å². The number of hydrogen-bond acceptors (Lipinski definition) is 3. The first-order chi connectivity index (χ1) is 13.0. The number of nitrogens with one attached hydrogen (secondary N) is 1. The van der Waals surface area contributed by atoms with E-state index in [1.165, 1.54) is 12.1 Å². The molecule has 0 aromatic heterocycles. The maximum absolute atomic E-state index is 13.7. The molecule has 2 atom stereocenters. The number of piperidine rings is 1. The molecule has 5 nitrogen and oxygen atoms in total. The van der Waals surface area contributed by atoms with Crippen LogP contribution < -0.4 is 10.1 Å². The first-order valence-corrected chi connectivity index (χ1v) is 8.91. The van der Waals surface area contributed by atoms with Crippen LogP contribution in [0, 0.1) is 11.7 Å². The monoisotopic (exact) mass is 370 g/mol. The zero-order valence-corrected chi connectivity index (χ0v) is 15.4. The smallest absolute Gasteiger partial charge is 0.225 e. The highest BCUT2D eigenvalue weighted by Gasteiger charge is 2.38. The van der Waals surface area contributed by atoms with Gasteiger partial charge in [0.2, 0.25) is 11.8 Å². The van der Waals surface area contributed by atoms with Gasteiger partial charge in [0.15, 0.2) is 0 Å². The summed E-state index contributed by atoms with van der Waals surface area (Å²) in [5.74, 6) is -0.226. The molecule has 1 aliphatic heterocycles. The van der Waals surface area contributed by atoms with Crippen LogP contribution >= 0.6 is 0 Å². The van der Waals surface area contributed by atoms with E-state index < -0.39 is 12.0 Å². The number of nitrogens with zero attached hydrogens (tertiary/aromatic N) is 1. The van der Waals surface area contributed by atoms with Crippen LogP contribution in [0.5, 0.6) is 5.75 Å². The quantitative estimate of drug-likeness (QED) is 0.880. The van der Waals surface area contributed by atoms with Crippen molar-refractivity contribution in [1.29, 1.82) is 0 Å². The molecule has 0 spiro atoms. The molecule has 2 aromatic rings. The number of halogens is 1. The van der Waals surface area contributed by atoms with E-state index in [0.717, 1.165) is 11.3 Å². The molecule has 142 valence electrons. The van der Waals surface area contributed by atoms with E-state index in [-0.39, 0.29) is 17.6 Å². The first kappa shape index (κ1) is 18.9. The minimum absolute atomic E-state index is 0.0385. The van der Waals surface area contributed by atoms with Gasteiger partial charge in [-0.2, -0.15) is 0 Å². The third-order valence-electron chi connectivity index (χ3n) is 5.01. The van der Waals surface area contributed by atoms with Crippen LogP contribution in [0.1, 0.15) is 30.0 Å². The molecule has 1 N–H and O–H groups in total. The third-order valence-corrected chi connectivity index (χ3v) is 5.01. The summed E-state index contributed by atoms with van der Waals surface area (Å²) in [7, 11) is 3.27. The molecular weight excluding hydrogens is 347 g/mol. The Morgan fingerprint density at radius 3 is 2.67 bits per heavy atom. The lowest BCUT2D eigenvalue weighted by molar-refractivity contribution is -0.141. The molecule has 1 saturated heterocycles. The molecule has 6 heteroatoms. The van der Waals surface area contributed by atoms with Crippen molar-refractivity contribution in [3.63, 3.8) is 0 Å². The van der Waals surface area contributed by atoms with Gasteiger partial charge in [0.1, 0.15) is 11.6 Å². The summed E-state index contributed by atoms with van der Waals surface area (Å²) in [5.41, 5.74) is 1.59. The molecule has 2 aromatic carbocycles. The van der Waals surface area contributed by atoms with Crippen molar-refractivity contribution >= 4 is 11.8 Å². The normalized spacial score (nSPS) is 19.7. The molecule has 1 fully saturated rings. The van der Waals surface area contributed by atoms with Gasteiger partial charge in [-0.1, -0.05) is 24.3 Å². The van der Waals surface area contributed by atoms with Crippen LogP contribution in [0.4, 0.5) is 4.39 Å². The number of likely N-dealkylation sites (tertiary alicyclic amines) is 1. The first-order valence-electron chi connectivity index (χ1n) is 8.91. The maximum Gasteiger partial charge on any atom is 0.225 e. The number of ether oxygens (including phenoxy) is 1. The summed E-state index contributed by atoms with van der Waals surface area (Å²) in [6, 6.07) is 13.1. The van der Waals surface area contributed by atoms with Crippen LogP contribution in [0.25, 0.3) is 0 Å². The fourth-order valence-corrected chi connectivity index (χ4v) is 3.52. The number of hydrogen-bond donors (Lipinski definition) is 1. The van der Waals surface area contributed by atoms with E-state index in [2.05, 4.69) is 5.32 Å². The largest absolute Gasteiger partial charge is 0.497 e. The van der Waals surface area contributed by atoms with E-state index in [4.69, 9.17) is 4.74 Å².